The molecule has 1 unspecified atom stereocenters. The fraction of sp³-hybridized carbons (Fsp3) is 1.00. The van der Waals surface area contributed by atoms with Gasteiger partial charge in [0, 0.05) is 6.54 Å². The van der Waals surface area contributed by atoms with E-state index in [2.05, 4.69) is 5.32 Å². The second-order valence-electron chi connectivity index (χ2n) is 3.71. The van der Waals surface area contributed by atoms with Crippen LogP contribution in [0.1, 0.15) is 27.2 Å². The fourth-order valence-electron chi connectivity index (χ4n) is 1.41. The van der Waals surface area contributed by atoms with Crippen molar-refractivity contribution in [1.82, 2.24) is 5.32 Å². The molecule has 0 aromatic rings. The largest absolute Gasteiger partial charge is 0.318 e. The third-order valence-electron chi connectivity index (χ3n) is 2.10. The van der Waals surface area contributed by atoms with Crippen molar-refractivity contribution in [2.24, 2.45) is 5.92 Å². The molecule has 0 bridgehead atoms. The van der Waals surface area contributed by atoms with Crippen LogP contribution in [0, 0.1) is 5.92 Å². The molecular weight excluding hydrogens is 186 g/mol. The molecule has 3 nitrogen and oxygen atoms in total. The lowest BCUT2D eigenvalue weighted by atomic mass is 10.1. The van der Waals surface area contributed by atoms with Crippen LogP contribution in [0.3, 0.4) is 0 Å². The van der Waals surface area contributed by atoms with Gasteiger partial charge in [-0.15, -0.1) is 0 Å². The van der Waals surface area contributed by atoms with E-state index < -0.39 is 9.84 Å². The third kappa shape index (κ3) is 4.09. The molecule has 4 heteroatoms. The quantitative estimate of drug-likeness (QED) is 0.708. The van der Waals surface area contributed by atoms with Crippen LogP contribution in [-0.4, -0.2) is 33.0 Å². The van der Waals surface area contributed by atoms with Crippen molar-refractivity contribution < 1.29 is 8.42 Å². The van der Waals surface area contributed by atoms with Gasteiger partial charge in [0.25, 0.3) is 0 Å². The molecule has 0 aromatic carbocycles. The van der Waals surface area contributed by atoms with E-state index in [1.165, 1.54) is 0 Å². The molecule has 0 radical (unpaired) electrons. The summed E-state index contributed by atoms with van der Waals surface area (Å²) < 4.78 is 23.4. The van der Waals surface area contributed by atoms with Crippen LogP contribution in [0.5, 0.6) is 0 Å². The van der Waals surface area contributed by atoms with E-state index in [-0.39, 0.29) is 11.2 Å². The van der Waals surface area contributed by atoms with E-state index in [9.17, 15) is 8.42 Å². The van der Waals surface area contributed by atoms with Gasteiger partial charge in [0.1, 0.15) is 0 Å². The minimum absolute atomic E-state index is 0.184. The molecular formula is C9H21NO2S. The third-order valence-corrected chi connectivity index (χ3v) is 4.71. The fourth-order valence-corrected chi connectivity index (χ4v) is 3.54. The Morgan fingerprint density at radius 3 is 2.15 bits per heavy atom. The zero-order valence-corrected chi connectivity index (χ0v) is 9.82. The predicted octanol–water partition coefficient (Wildman–Crippen LogP) is 1.06. The molecule has 0 saturated carbocycles. The van der Waals surface area contributed by atoms with Crippen LogP contribution in [0.2, 0.25) is 0 Å². The lowest BCUT2D eigenvalue weighted by molar-refractivity contribution is 0.516. The van der Waals surface area contributed by atoms with Crippen LogP contribution < -0.4 is 5.32 Å². The average molecular weight is 207 g/mol. The highest BCUT2D eigenvalue weighted by molar-refractivity contribution is 7.92. The number of rotatable bonds is 6. The second kappa shape index (κ2) is 5.60. The highest BCUT2D eigenvalue weighted by atomic mass is 32.2. The number of nitrogens with one attached hydrogen (secondary N) is 1. The summed E-state index contributed by atoms with van der Waals surface area (Å²) in [6, 6.07) is 0. The van der Waals surface area contributed by atoms with Gasteiger partial charge in [0.2, 0.25) is 0 Å². The summed E-state index contributed by atoms with van der Waals surface area (Å²) >= 11 is 0. The first kappa shape index (κ1) is 12.9. The topological polar surface area (TPSA) is 46.2 Å². The molecule has 0 aliphatic heterocycles. The maximum Gasteiger partial charge on any atom is 0.154 e. The number of hydrogen-bond donors (Lipinski definition) is 1. The Labute approximate surface area is 81.8 Å². The van der Waals surface area contributed by atoms with Crippen molar-refractivity contribution in [2.75, 3.05) is 19.3 Å². The lowest BCUT2D eigenvalue weighted by Crippen LogP contribution is -2.37. The van der Waals surface area contributed by atoms with E-state index >= 15 is 0 Å². The van der Waals surface area contributed by atoms with E-state index in [0.717, 1.165) is 0 Å². The first-order valence-corrected chi connectivity index (χ1v) is 6.53. The van der Waals surface area contributed by atoms with Crippen molar-refractivity contribution in [3.8, 4) is 0 Å². The zero-order chi connectivity index (χ0) is 10.5. The molecule has 0 spiro atoms. The van der Waals surface area contributed by atoms with Crippen LogP contribution in [0.15, 0.2) is 0 Å². The van der Waals surface area contributed by atoms with Gasteiger partial charge >= 0.3 is 0 Å². The lowest BCUT2D eigenvalue weighted by Gasteiger charge is -2.20. The first-order valence-electron chi connectivity index (χ1n) is 4.81. The minimum Gasteiger partial charge on any atom is -0.318 e. The maximum atomic E-state index is 11.7. The van der Waals surface area contributed by atoms with Crippen molar-refractivity contribution in [3.05, 3.63) is 0 Å². The van der Waals surface area contributed by atoms with Crippen molar-refractivity contribution in [2.45, 2.75) is 32.4 Å². The summed E-state index contributed by atoms with van der Waals surface area (Å²) in [7, 11) is -1.11. The molecule has 0 aromatic heterocycles. The highest BCUT2D eigenvalue weighted by Gasteiger charge is 2.26. The monoisotopic (exact) mass is 207 g/mol. The zero-order valence-electron chi connectivity index (χ0n) is 9.00. The van der Waals surface area contributed by atoms with Crippen molar-refractivity contribution >= 4 is 9.84 Å². The van der Waals surface area contributed by atoms with Gasteiger partial charge in [0.05, 0.1) is 11.0 Å². The summed E-state index contributed by atoms with van der Waals surface area (Å²) in [5.74, 6) is 0.487. The van der Waals surface area contributed by atoms with Gasteiger partial charge in [-0.25, -0.2) is 8.42 Å². The van der Waals surface area contributed by atoms with Crippen LogP contribution in [-0.2, 0) is 9.84 Å². The molecule has 1 atom stereocenters. The van der Waals surface area contributed by atoms with Crippen molar-refractivity contribution in [3.63, 3.8) is 0 Å². The van der Waals surface area contributed by atoms with Gasteiger partial charge in [-0.2, -0.15) is 0 Å². The van der Waals surface area contributed by atoms with Gasteiger partial charge < -0.3 is 5.32 Å². The Morgan fingerprint density at radius 1 is 1.31 bits per heavy atom. The second-order valence-corrected chi connectivity index (χ2v) is 6.05. The Morgan fingerprint density at radius 2 is 1.85 bits per heavy atom. The molecule has 0 rings (SSSR count). The van der Waals surface area contributed by atoms with E-state index in [0.29, 0.717) is 18.7 Å². The summed E-state index contributed by atoms with van der Waals surface area (Å²) in [6.45, 7) is 6.36. The molecule has 0 amide bonds. The van der Waals surface area contributed by atoms with Gasteiger partial charge in [0.15, 0.2) is 9.84 Å². The molecule has 1 N–H and O–H groups in total. The van der Waals surface area contributed by atoms with E-state index in [1.54, 1.807) is 7.05 Å². The number of hydrogen-bond acceptors (Lipinski definition) is 3. The first-order chi connectivity index (χ1) is 5.95. The number of sulfone groups is 1. The van der Waals surface area contributed by atoms with Crippen molar-refractivity contribution in [1.29, 1.82) is 0 Å². The smallest absolute Gasteiger partial charge is 0.154 e. The van der Waals surface area contributed by atoms with Crippen LogP contribution >= 0.6 is 0 Å². The van der Waals surface area contributed by atoms with Gasteiger partial charge in [-0.05, 0) is 19.4 Å². The average Bonchev–Trinajstić information content (AvgIpc) is 1.99. The minimum atomic E-state index is -2.90. The predicted molar refractivity (Wildman–Crippen MR) is 56.6 cm³/mol. The van der Waals surface area contributed by atoms with Crippen LogP contribution in [0.25, 0.3) is 0 Å². The standard InChI is InChI=1S/C9H21NO2S/c1-5-6-13(11,12)9(7-10-4)8(2)3/h8-10H,5-7H2,1-4H3. The van der Waals surface area contributed by atoms with Gasteiger partial charge in [-0.1, -0.05) is 20.8 Å². The Balaban J connectivity index is 4.53. The van der Waals surface area contributed by atoms with E-state index in [4.69, 9.17) is 0 Å². The van der Waals surface area contributed by atoms with E-state index in [1.807, 2.05) is 20.8 Å². The molecule has 80 valence electrons. The highest BCUT2D eigenvalue weighted by Crippen LogP contribution is 2.13. The Hall–Kier alpha value is -0.0900. The Bertz CT molecular complexity index is 222. The molecule has 0 saturated heterocycles. The molecule has 0 heterocycles. The maximum absolute atomic E-state index is 11.7. The SMILES string of the molecule is CCCS(=O)(=O)C(CNC)C(C)C. The summed E-state index contributed by atoms with van der Waals surface area (Å²) in [5.41, 5.74) is 0. The molecule has 0 aliphatic carbocycles. The molecule has 0 fully saturated rings. The summed E-state index contributed by atoms with van der Waals surface area (Å²) in [4.78, 5) is 0. The normalized spacial score (nSPS) is 14.8. The Kier molecular flexibility index (Phi) is 5.56. The van der Waals surface area contributed by atoms with Gasteiger partial charge in [-0.3, -0.25) is 0 Å². The van der Waals surface area contributed by atoms with Crippen LogP contribution in [0.4, 0.5) is 0 Å². The molecule has 13 heavy (non-hydrogen) atoms. The molecule has 0 aliphatic rings. The summed E-state index contributed by atoms with van der Waals surface area (Å²) in [5, 5.41) is 2.70. The summed E-state index contributed by atoms with van der Waals surface area (Å²) in [6.07, 6.45) is 0.704.